The fourth-order valence-electron chi connectivity index (χ4n) is 2.31. The molecule has 2 N–H and O–H groups in total. The number of hydrogen-bond acceptors (Lipinski definition) is 2. The summed E-state index contributed by atoms with van der Waals surface area (Å²) in [7, 11) is 0. The first-order valence-corrected chi connectivity index (χ1v) is 6.72. The van der Waals surface area contributed by atoms with Crippen molar-refractivity contribution in [2.24, 2.45) is 0 Å². The minimum atomic E-state index is -0.835. The van der Waals surface area contributed by atoms with Crippen molar-refractivity contribution in [1.29, 1.82) is 0 Å². The van der Waals surface area contributed by atoms with Gasteiger partial charge in [0, 0.05) is 23.7 Å². The Kier molecular flexibility index (Phi) is 3.58. The normalized spacial score (nSPS) is 13.3. The molecule has 1 heterocycles. The van der Waals surface area contributed by atoms with Crippen molar-refractivity contribution in [2.45, 2.75) is 12.8 Å². The summed E-state index contributed by atoms with van der Waals surface area (Å²) in [5.74, 6) is -2.10. The second-order valence-corrected chi connectivity index (χ2v) is 5.00. The van der Waals surface area contributed by atoms with Crippen molar-refractivity contribution in [3.05, 3.63) is 59.2 Å². The quantitative estimate of drug-likeness (QED) is 0.895. The summed E-state index contributed by atoms with van der Waals surface area (Å²) in [5.41, 5.74) is 1.80. The summed E-state index contributed by atoms with van der Waals surface area (Å²) in [5, 5.41) is 5.12. The zero-order valence-corrected chi connectivity index (χ0v) is 11.5. The molecule has 0 atom stereocenters. The van der Waals surface area contributed by atoms with Gasteiger partial charge in [-0.3, -0.25) is 9.59 Å². The molecule has 0 aliphatic carbocycles. The molecule has 0 bridgehead atoms. The third-order valence-corrected chi connectivity index (χ3v) is 3.44. The van der Waals surface area contributed by atoms with E-state index < -0.39 is 17.5 Å². The SMILES string of the molecule is O=C1CCc2cc(C(=O)Nc3ccc(F)cc3F)ccc2N1. The van der Waals surface area contributed by atoms with Crippen molar-refractivity contribution in [3.8, 4) is 0 Å². The van der Waals surface area contributed by atoms with Crippen molar-refractivity contribution >= 4 is 23.2 Å². The van der Waals surface area contributed by atoms with E-state index >= 15 is 0 Å². The van der Waals surface area contributed by atoms with Crippen molar-refractivity contribution in [2.75, 3.05) is 10.6 Å². The number of aryl methyl sites for hydroxylation is 1. The number of anilines is 2. The van der Waals surface area contributed by atoms with Crippen LogP contribution in [0.2, 0.25) is 0 Å². The molecule has 4 nitrogen and oxygen atoms in total. The van der Waals surface area contributed by atoms with Crippen LogP contribution in [0.15, 0.2) is 36.4 Å². The molecule has 2 aromatic carbocycles. The first-order chi connectivity index (χ1) is 10.5. The van der Waals surface area contributed by atoms with Crippen LogP contribution >= 0.6 is 0 Å². The van der Waals surface area contributed by atoms with Gasteiger partial charge in [-0.1, -0.05) is 0 Å². The van der Waals surface area contributed by atoms with E-state index in [-0.39, 0.29) is 11.6 Å². The molecule has 22 heavy (non-hydrogen) atoms. The average molecular weight is 302 g/mol. The van der Waals surface area contributed by atoms with Crippen LogP contribution in [0.3, 0.4) is 0 Å². The standard InChI is InChI=1S/C16H12F2N2O2/c17-11-3-5-14(12(18)8-11)20-16(22)10-1-4-13-9(7-10)2-6-15(21)19-13/h1,3-5,7-8H,2,6H2,(H,19,21)(H,20,22). The van der Waals surface area contributed by atoms with Gasteiger partial charge in [-0.05, 0) is 42.3 Å². The number of carbonyl (C=O) groups excluding carboxylic acids is 2. The number of rotatable bonds is 2. The molecule has 112 valence electrons. The van der Waals surface area contributed by atoms with Crippen LogP contribution in [-0.4, -0.2) is 11.8 Å². The highest BCUT2D eigenvalue weighted by molar-refractivity contribution is 6.05. The lowest BCUT2D eigenvalue weighted by atomic mass is 10.00. The second-order valence-electron chi connectivity index (χ2n) is 5.00. The van der Waals surface area contributed by atoms with E-state index in [0.717, 1.165) is 11.6 Å². The Hall–Kier alpha value is -2.76. The largest absolute Gasteiger partial charge is 0.326 e. The summed E-state index contributed by atoms with van der Waals surface area (Å²) in [4.78, 5) is 23.4. The zero-order valence-electron chi connectivity index (χ0n) is 11.5. The molecule has 1 aliphatic rings. The van der Waals surface area contributed by atoms with Gasteiger partial charge in [-0.2, -0.15) is 0 Å². The second kappa shape index (κ2) is 5.55. The van der Waals surface area contributed by atoms with Gasteiger partial charge < -0.3 is 10.6 Å². The van der Waals surface area contributed by atoms with Gasteiger partial charge in [0.1, 0.15) is 11.6 Å². The van der Waals surface area contributed by atoms with E-state index in [4.69, 9.17) is 0 Å². The van der Waals surface area contributed by atoms with E-state index in [1.807, 2.05) is 0 Å². The first kappa shape index (κ1) is 14.2. The van der Waals surface area contributed by atoms with E-state index in [0.29, 0.717) is 30.2 Å². The Balaban J connectivity index is 1.82. The summed E-state index contributed by atoms with van der Waals surface area (Å²) in [6.07, 6.45) is 0.915. The van der Waals surface area contributed by atoms with E-state index in [9.17, 15) is 18.4 Å². The summed E-state index contributed by atoms with van der Waals surface area (Å²) >= 11 is 0. The number of halogens is 2. The highest BCUT2D eigenvalue weighted by Crippen LogP contribution is 2.24. The predicted molar refractivity (Wildman–Crippen MR) is 77.7 cm³/mol. The van der Waals surface area contributed by atoms with Crippen molar-refractivity contribution in [1.82, 2.24) is 0 Å². The highest BCUT2D eigenvalue weighted by atomic mass is 19.1. The molecule has 0 saturated carbocycles. The molecule has 1 aliphatic heterocycles. The van der Waals surface area contributed by atoms with Crippen LogP contribution < -0.4 is 10.6 Å². The van der Waals surface area contributed by atoms with Gasteiger partial charge >= 0.3 is 0 Å². The maximum absolute atomic E-state index is 13.5. The van der Waals surface area contributed by atoms with Crippen molar-refractivity contribution < 1.29 is 18.4 Å². The molecule has 0 unspecified atom stereocenters. The lowest BCUT2D eigenvalue weighted by Gasteiger charge is -2.17. The topological polar surface area (TPSA) is 58.2 Å². The Labute approximate surface area is 125 Å². The number of carbonyl (C=O) groups is 2. The third-order valence-electron chi connectivity index (χ3n) is 3.44. The van der Waals surface area contributed by atoms with Crippen LogP contribution in [0.1, 0.15) is 22.3 Å². The Bertz CT molecular complexity index is 775. The molecule has 0 spiro atoms. The minimum Gasteiger partial charge on any atom is -0.326 e. The fourth-order valence-corrected chi connectivity index (χ4v) is 2.31. The molecule has 0 aromatic heterocycles. The third kappa shape index (κ3) is 2.81. The molecule has 3 rings (SSSR count). The van der Waals surface area contributed by atoms with Gasteiger partial charge in [-0.15, -0.1) is 0 Å². The van der Waals surface area contributed by atoms with Gasteiger partial charge in [-0.25, -0.2) is 8.78 Å². The van der Waals surface area contributed by atoms with E-state index in [1.54, 1.807) is 18.2 Å². The van der Waals surface area contributed by atoms with Crippen LogP contribution in [0, 0.1) is 11.6 Å². The maximum atomic E-state index is 13.5. The Morgan fingerprint density at radius 3 is 2.68 bits per heavy atom. The molecule has 0 saturated heterocycles. The molecule has 0 fully saturated rings. The fraction of sp³-hybridized carbons (Fsp3) is 0.125. The Morgan fingerprint density at radius 1 is 1.09 bits per heavy atom. The van der Waals surface area contributed by atoms with Gasteiger partial charge in [0.25, 0.3) is 5.91 Å². The van der Waals surface area contributed by atoms with Crippen LogP contribution in [-0.2, 0) is 11.2 Å². The molecular weight excluding hydrogens is 290 g/mol. The smallest absolute Gasteiger partial charge is 0.255 e. The molecule has 2 aromatic rings. The van der Waals surface area contributed by atoms with Crippen LogP contribution in [0.5, 0.6) is 0 Å². The average Bonchev–Trinajstić information content (AvgIpc) is 2.49. The number of hydrogen-bond donors (Lipinski definition) is 2. The minimum absolute atomic E-state index is 0.0573. The molecular formula is C16H12F2N2O2. The number of nitrogens with one attached hydrogen (secondary N) is 2. The lowest BCUT2D eigenvalue weighted by molar-refractivity contribution is -0.116. The monoisotopic (exact) mass is 302 g/mol. The molecule has 6 heteroatoms. The highest BCUT2D eigenvalue weighted by Gasteiger charge is 2.17. The summed E-state index contributed by atoms with van der Waals surface area (Å²) in [6, 6.07) is 7.79. The number of benzene rings is 2. The van der Waals surface area contributed by atoms with Gasteiger partial charge in [0.05, 0.1) is 5.69 Å². The number of fused-ring (bicyclic) bond motifs is 1. The van der Waals surface area contributed by atoms with E-state index in [2.05, 4.69) is 10.6 Å². The maximum Gasteiger partial charge on any atom is 0.255 e. The van der Waals surface area contributed by atoms with Gasteiger partial charge in [0.15, 0.2) is 0 Å². The zero-order chi connectivity index (χ0) is 15.7. The van der Waals surface area contributed by atoms with Gasteiger partial charge in [0.2, 0.25) is 5.91 Å². The predicted octanol–water partition coefficient (Wildman–Crippen LogP) is 3.10. The number of amides is 2. The lowest BCUT2D eigenvalue weighted by Crippen LogP contribution is -2.20. The van der Waals surface area contributed by atoms with Crippen LogP contribution in [0.25, 0.3) is 0 Å². The molecule has 0 radical (unpaired) electrons. The van der Waals surface area contributed by atoms with Crippen LogP contribution in [0.4, 0.5) is 20.2 Å². The molecule has 2 amide bonds. The van der Waals surface area contributed by atoms with Crippen molar-refractivity contribution in [3.63, 3.8) is 0 Å². The van der Waals surface area contributed by atoms with E-state index in [1.165, 1.54) is 6.07 Å². The Morgan fingerprint density at radius 2 is 1.91 bits per heavy atom. The summed E-state index contributed by atoms with van der Waals surface area (Å²) in [6.45, 7) is 0. The summed E-state index contributed by atoms with van der Waals surface area (Å²) < 4.78 is 26.4. The first-order valence-electron chi connectivity index (χ1n) is 6.72.